The number of pyridine rings is 1. The number of hydrogen-bond acceptors (Lipinski definition) is 9. The summed E-state index contributed by atoms with van der Waals surface area (Å²) in [4.78, 5) is 14.4. The van der Waals surface area contributed by atoms with E-state index in [4.69, 9.17) is 29.9 Å². The van der Waals surface area contributed by atoms with Crippen LogP contribution in [-0.4, -0.2) is 83.6 Å². The molecule has 0 radical (unpaired) electrons. The Hall–Kier alpha value is -1.74. The number of nitrogens with one attached hydrogen (secondary N) is 1. The minimum absolute atomic E-state index is 0.556. The predicted octanol–water partition coefficient (Wildman–Crippen LogP) is 1.78. The van der Waals surface area contributed by atoms with Gasteiger partial charge in [0.1, 0.15) is 11.1 Å². The Morgan fingerprint density at radius 1 is 1.06 bits per heavy atom. The summed E-state index contributed by atoms with van der Waals surface area (Å²) < 4.78 is 21.0. The monoisotopic (exact) mass is 470 g/mol. The van der Waals surface area contributed by atoms with Crippen LogP contribution in [0.3, 0.4) is 0 Å². The van der Waals surface area contributed by atoms with Crippen molar-refractivity contribution < 1.29 is 23.7 Å². The van der Waals surface area contributed by atoms with Crippen LogP contribution in [0.5, 0.6) is 0 Å². The zero-order chi connectivity index (χ0) is 23.7. The first kappa shape index (κ1) is 30.3. The number of thioether (sulfide) groups is 1. The average molecular weight is 471 g/mol. The van der Waals surface area contributed by atoms with Crippen molar-refractivity contribution in [2.75, 3.05) is 72.2 Å². The van der Waals surface area contributed by atoms with E-state index in [9.17, 15) is 4.79 Å². The first-order chi connectivity index (χ1) is 15.7. The zero-order valence-electron chi connectivity index (χ0n) is 19.3. The molecule has 10 heteroatoms. The quantitative estimate of drug-likeness (QED) is 0.176. The lowest BCUT2D eigenvalue weighted by molar-refractivity contribution is -0.109. The molecule has 0 spiro atoms. The Morgan fingerprint density at radius 2 is 1.66 bits per heavy atom. The van der Waals surface area contributed by atoms with E-state index in [-0.39, 0.29) is 0 Å². The van der Waals surface area contributed by atoms with E-state index in [1.807, 2.05) is 12.3 Å². The lowest BCUT2D eigenvalue weighted by Crippen LogP contribution is -2.14. The van der Waals surface area contributed by atoms with Gasteiger partial charge < -0.3 is 30.0 Å². The summed E-state index contributed by atoms with van der Waals surface area (Å²) in [7, 11) is 0. The molecule has 3 N–H and O–H groups in total. The van der Waals surface area contributed by atoms with E-state index < -0.39 is 0 Å². The summed E-state index contributed by atoms with van der Waals surface area (Å²) >= 11 is 1.47. The predicted molar refractivity (Wildman–Crippen MR) is 126 cm³/mol. The third kappa shape index (κ3) is 17.9. The lowest BCUT2D eigenvalue weighted by Gasteiger charge is -2.06. The fourth-order valence-electron chi connectivity index (χ4n) is 2.28. The molecule has 0 aliphatic heterocycles. The molecule has 1 heterocycles. The Labute approximate surface area is 196 Å². The smallest absolute Gasteiger partial charge is 0.207 e. The number of aromatic nitrogens is 1. The third-order valence-corrected chi connectivity index (χ3v) is 4.49. The summed E-state index contributed by atoms with van der Waals surface area (Å²) in [5, 5.41) is 12.2. The van der Waals surface area contributed by atoms with Crippen molar-refractivity contribution in [1.29, 1.82) is 5.26 Å². The van der Waals surface area contributed by atoms with Gasteiger partial charge in [-0.3, -0.25) is 4.79 Å². The van der Waals surface area contributed by atoms with E-state index in [0.717, 1.165) is 36.6 Å². The zero-order valence-corrected chi connectivity index (χ0v) is 20.2. The molecule has 0 fully saturated rings. The molecule has 0 unspecified atom stereocenters. The minimum Gasteiger partial charge on any atom is -0.379 e. The second-order valence-electron chi connectivity index (χ2n) is 6.38. The largest absolute Gasteiger partial charge is 0.379 e. The number of nitriles is 1. The number of rotatable bonds is 19. The van der Waals surface area contributed by atoms with Crippen LogP contribution in [0.15, 0.2) is 17.2 Å². The molecule has 0 aliphatic rings. The minimum atomic E-state index is 0.556. The number of nitrogens with two attached hydrogens (primary N) is 1. The van der Waals surface area contributed by atoms with E-state index in [1.54, 1.807) is 6.07 Å². The van der Waals surface area contributed by atoms with Crippen molar-refractivity contribution in [1.82, 2.24) is 10.3 Å². The maximum Gasteiger partial charge on any atom is 0.207 e. The Kier molecular flexibility index (Phi) is 22.6. The summed E-state index contributed by atoms with van der Waals surface area (Å²) in [6.07, 6.45) is 5.30. The molecule has 182 valence electrons. The number of amides is 1. The van der Waals surface area contributed by atoms with Gasteiger partial charge in [0.15, 0.2) is 0 Å². The number of carbonyl (C=O) groups excluding carboxylic acids is 1. The van der Waals surface area contributed by atoms with Crippen LogP contribution < -0.4 is 11.1 Å². The van der Waals surface area contributed by atoms with Gasteiger partial charge in [0.2, 0.25) is 6.41 Å². The molecule has 1 aromatic rings. The lowest BCUT2D eigenvalue weighted by atomic mass is 10.2. The van der Waals surface area contributed by atoms with Gasteiger partial charge in [0.05, 0.1) is 51.8 Å². The molecular weight excluding hydrogens is 432 g/mol. The van der Waals surface area contributed by atoms with Crippen molar-refractivity contribution in [2.45, 2.75) is 31.2 Å². The maximum atomic E-state index is 10.0. The maximum absolute atomic E-state index is 10.0. The van der Waals surface area contributed by atoms with Crippen LogP contribution in [0.2, 0.25) is 0 Å². The van der Waals surface area contributed by atoms with Crippen molar-refractivity contribution in [2.24, 2.45) is 5.73 Å². The highest BCUT2D eigenvalue weighted by Crippen LogP contribution is 2.17. The second-order valence-corrected chi connectivity index (χ2v) is 7.18. The normalized spacial score (nSPS) is 10.2. The molecule has 9 nitrogen and oxygen atoms in total. The van der Waals surface area contributed by atoms with E-state index in [2.05, 4.69) is 23.3 Å². The van der Waals surface area contributed by atoms with Crippen LogP contribution in [0, 0.1) is 11.3 Å². The first-order valence-electron chi connectivity index (χ1n) is 10.9. The molecule has 1 aromatic heterocycles. The number of carbonyl (C=O) groups is 1. The van der Waals surface area contributed by atoms with Gasteiger partial charge in [0, 0.05) is 25.4 Å². The van der Waals surface area contributed by atoms with Gasteiger partial charge in [-0.15, -0.1) is 11.8 Å². The average Bonchev–Trinajstić information content (AvgIpc) is 2.83. The third-order valence-electron chi connectivity index (χ3n) is 3.80. The fourth-order valence-corrected chi connectivity index (χ4v) is 2.82. The molecule has 0 saturated carbocycles. The summed E-state index contributed by atoms with van der Waals surface area (Å²) in [5.41, 5.74) is 6.83. The highest BCUT2D eigenvalue weighted by molar-refractivity contribution is 7.98. The van der Waals surface area contributed by atoms with Gasteiger partial charge in [-0.1, -0.05) is 6.92 Å². The molecule has 0 saturated heterocycles. The SMILES string of the molecule is CCCOCCOCCOCCOCCN.CSc1nc(CCCNC=O)ccc1C#N. The summed E-state index contributed by atoms with van der Waals surface area (Å²) in [6, 6.07) is 5.76. The molecule has 32 heavy (non-hydrogen) atoms. The Morgan fingerprint density at radius 3 is 2.16 bits per heavy atom. The Bertz CT molecular complexity index is 602. The van der Waals surface area contributed by atoms with Gasteiger partial charge in [-0.2, -0.15) is 5.26 Å². The van der Waals surface area contributed by atoms with Crippen LogP contribution in [0.4, 0.5) is 0 Å². The highest BCUT2D eigenvalue weighted by atomic mass is 32.2. The van der Waals surface area contributed by atoms with Crippen molar-refractivity contribution in [3.63, 3.8) is 0 Å². The van der Waals surface area contributed by atoms with Crippen LogP contribution >= 0.6 is 11.8 Å². The molecule has 1 amide bonds. The molecule has 1 rings (SSSR count). The molecule has 0 aromatic carbocycles. The van der Waals surface area contributed by atoms with Gasteiger partial charge in [-0.05, 0) is 37.7 Å². The van der Waals surface area contributed by atoms with E-state index >= 15 is 0 Å². The van der Waals surface area contributed by atoms with Crippen molar-refractivity contribution in [3.05, 3.63) is 23.4 Å². The van der Waals surface area contributed by atoms with Crippen LogP contribution in [-0.2, 0) is 30.2 Å². The number of hydrogen-bond donors (Lipinski definition) is 2. The number of nitrogens with zero attached hydrogens (tertiary/aromatic N) is 2. The molecule has 0 bridgehead atoms. The topological polar surface area (TPSA) is 129 Å². The first-order valence-corrected chi connectivity index (χ1v) is 12.1. The second kappa shape index (κ2) is 23.9. The Balaban J connectivity index is 0.000000601. The number of ether oxygens (including phenoxy) is 4. The fraction of sp³-hybridized carbons (Fsp3) is 0.682. The van der Waals surface area contributed by atoms with Gasteiger partial charge >= 0.3 is 0 Å². The van der Waals surface area contributed by atoms with Gasteiger partial charge in [-0.25, -0.2) is 4.98 Å². The molecule has 0 atom stereocenters. The molecule has 0 aliphatic carbocycles. The summed E-state index contributed by atoms with van der Waals surface area (Å²) in [6.45, 7) is 8.37. The van der Waals surface area contributed by atoms with Gasteiger partial charge in [0.25, 0.3) is 0 Å². The number of aryl methyl sites for hydroxylation is 1. The molecular formula is C22H38N4O5S. The van der Waals surface area contributed by atoms with E-state index in [1.165, 1.54) is 11.8 Å². The van der Waals surface area contributed by atoms with Crippen LogP contribution in [0.1, 0.15) is 31.0 Å². The van der Waals surface area contributed by atoms with Crippen LogP contribution in [0.25, 0.3) is 0 Å². The van der Waals surface area contributed by atoms with E-state index in [0.29, 0.717) is 71.3 Å². The standard InChI is InChI=1S/C11H13N3OS.C11H25NO4/c1-16-11-9(7-12)4-5-10(14-11)3-2-6-13-8-15;1-2-4-13-6-8-15-10-11-16-9-7-14-5-3-12/h4-5,8H,2-3,6H2,1H3,(H,13,15);2-12H2,1H3. The van der Waals surface area contributed by atoms with Crippen molar-refractivity contribution >= 4 is 18.2 Å². The van der Waals surface area contributed by atoms with Crippen molar-refractivity contribution in [3.8, 4) is 6.07 Å². The highest BCUT2D eigenvalue weighted by Gasteiger charge is 2.04. The summed E-state index contributed by atoms with van der Waals surface area (Å²) in [5.74, 6) is 0.